The topological polar surface area (TPSA) is 102 Å². The number of nitrogens with zero attached hydrogens (tertiary/aromatic N) is 1. The van der Waals surface area contributed by atoms with E-state index in [1.165, 1.54) is 24.4 Å². The second-order valence-electron chi connectivity index (χ2n) is 5.36. The van der Waals surface area contributed by atoms with Crippen molar-refractivity contribution in [2.45, 2.75) is 4.90 Å². The zero-order valence-electron chi connectivity index (χ0n) is 12.6. The first-order valence-electron chi connectivity index (χ1n) is 7.24. The molecule has 1 aromatic heterocycles. The van der Waals surface area contributed by atoms with Gasteiger partial charge in [0.1, 0.15) is 10.4 Å². The summed E-state index contributed by atoms with van der Waals surface area (Å²) in [4.78, 5) is 27.2. The minimum atomic E-state index is -4.20. The maximum Gasteiger partial charge on any atom is 0.339 e. The fraction of sp³-hybridized carbons (Fsp3) is 0. The van der Waals surface area contributed by atoms with Crippen LogP contribution in [0.2, 0.25) is 0 Å². The zero-order chi connectivity index (χ0) is 17.6. The summed E-state index contributed by atoms with van der Waals surface area (Å²) in [7, 11) is -4.20. The van der Waals surface area contributed by atoms with Crippen LogP contribution in [0.4, 0.5) is 0 Å². The molecule has 2 aromatic carbocycles. The van der Waals surface area contributed by atoms with E-state index in [2.05, 4.69) is 10.3 Å². The largest absolute Gasteiger partial charge is 0.377 e. The number of amides is 2. The fourth-order valence-electron chi connectivity index (χ4n) is 2.61. The Bertz CT molecular complexity index is 1150. The summed E-state index contributed by atoms with van der Waals surface area (Å²) in [5.41, 5.74) is 0.546. The van der Waals surface area contributed by atoms with Crippen LogP contribution < -0.4 is 9.50 Å². The third-order valence-electron chi connectivity index (χ3n) is 3.79. The fourth-order valence-corrected chi connectivity index (χ4v) is 3.58. The van der Waals surface area contributed by atoms with E-state index in [1.54, 1.807) is 24.3 Å². The molecule has 0 aliphatic carbocycles. The molecule has 0 saturated heterocycles. The highest BCUT2D eigenvalue weighted by Gasteiger charge is 2.29. The van der Waals surface area contributed by atoms with Gasteiger partial charge in [-0.2, -0.15) is 8.42 Å². The van der Waals surface area contributed by atoms with Crippen molar-refractivity contribution >= 4 is 32.8 Å². The summed E-state index contributed by atoms with van der Waals surface area (Å²) >= 11 is 0. The van der Waals surface area contributed by atoms with Gasteiger partial charge in [-0.25, -0.2) is 0 Å². The number of carbonyl (C=O) groups is 2. The maximum absolute atomic E-state index is 12.6. The average Bonchev–Trinajstić information content (AvgIpc) is 2.89. The van der Waals surface area contributed by atoms with E-state index in [0.29, 0.717) is 5.52 Å². The SMILES string of the molecule is O=C1NC(=O)c2cc(S(=O)(=O)Oc3cccc4cccnc34)ccc21. The van der Waals surface area contributed by atoms with Crippen molar-refractivity contribution < 1.29 is 22.2 Å². The Morgan fingerprint density at radius 3 is 2.52 bits per heavy atom. The Kier molecular flexibility index (Phi) is 3.29. The van der Waals surface area contributed by atoms with Gasteiger partial charge in [-0.3, -0.25) is 19.9 Å². The number of aromatic nitrogens is 1. The monoisotopic (exact) mass is 354 g/mol. The summed E-state index contributed by atoms with van der Waals surface area (Å²) in [5, 5.41) is 2.84. The number of pyridine rings is 1. The first kappa shape index (κ1) is 15.3. The molecule has 0 saturated carbocycles. The highest BCUT2D eigenvalue weighted by atomic mass is 32.2. The molecule has 8 heteroatoms. The molecule has 2 amide bonds. The summed E-state index contributed by atoms with van der Waals surface area (Å²) in [6.45, 7) is 0. The maximum atomic E-state index is 12.6. The summed E-state index contributed by atoms with van der Waals surface area (Å²) in [6.07, 6.45) is 1.53. The molecule has 0 bridgehead atoms. The van der Waals surface area contributed by atoms with E-state index in [-0.39, 0.29) is 21.8 Å². The molecule has 0 unspecified atom stereocenters. The van der Waals surface area contributed by atoms with Crippen molar-refractivity contribution in [1.29, 1.82) is 0 Å². The minimum absolute atomic E-state index is 0.00530. The highest BCUT2D eigenvalue weighted by Crippen LogP contribution is 2.27. The molecule has 1 aliphatic rings. The smallest absolute Gasteiger partial charge is 0.339 e. The summed E-state index contributed by atoms with van der Waals surface area (Å²) < 4.78 is 30.3. The standard InChI is InChI=1S/C17H10N2O5S/c20-16-12-7-6-11(9-13(12)17(21)19-16)25(22,23)24-14-5-1-3-10-4-2-8-18-15(10)14/h1-9H,(H,19,20,21). The lowest BCUT2D eigenvalue weighted by Gasteiger charge is -2.09. The number of hydrogen-bond acceptors (Lipinski definition) is 6. The van der Waals surface area contributed by atoms with Crippen LogP contribution >= 0.6 is 0 Å². The van der Waals surface area contributed by atoms with E-state index < -0.39 is 21.9 Å². The molecule has 1 N–H and O–H groups in total. The Labute approximate surface area is 142 Å². The minimum Gasteiger partial charge on any atom is -0.377 e. The van der Waals surface area contributed by atoms with E-state index in [9.17, 15) is 18.0 Å². The van der Waals surface area contributed by atoms with Gasteiger partial charge in [-0.05, 0) is 30.3 Å². The van der Waals surface area contributed by atoms with Crippen molar-refractivity contribution in [3.63, 3.8) is 0 Å². The van der Waals surface area contributed by atoms with Crippen LogP contribution in [-0.2, 0) is 10.1 Å². The molecule has 0 radical (unpaired) electrons. The van der Waals surface area contributed by atoms with Gasteiger partial charge in [0.15, 0.2) is 5.75 Å². The molecule has 1 aliphatic heterocycles. The van der Waals surface area contributed by atoms with Crippen molar-refractivity contribution in [3.05, 3.63) is 65.9 Å². The van der Waals surface area contributed by atoms with Gasteiger partial charge in [0, 0.05) is 11.6 Å². The molecule has 0 atom stereocenters. The Balaban J connectivity index is 1.77. The molecule has 25 heavy (non-hydrogen) atoms. The Morgan fingerprint density at radius 1 is 0.920 bits per heavy atom. The van der Waals surface area contributed by atoms with E-state index in [4.69, 9.17) is 4.18 Å². The van der Waals surface area contributed by atoms with Gasteiger partial charge in [-0.1, -0.05) is 18.2 Å². The molecule has 4 rings (SSSR count). The van der Waals surface area contributed by atoms with Crippen molar-refractivity contribution in [1.82, 2.24) is 10.3 Å². The van der Waals surface area contributed by atoms with Crippen LogP contribution in [0.3, 0.4) is 0 Å². The van der Waals surface area contributed by atoms with Gasteiger partial charge in [0.25, 0.3) is 11.8 Å². The molecule has 3 aromatic rings. The summed E-state index contributed by atoms with van der Waals surface area (Å²) in [5.74, 6) is -1.11. The number of para-hydroxylation sites is 1. The lowest BCUT2D eigenvalue weighted by molar-refractivity contribution is 0.0879. The lowest BCUT2D eigenvalue weighted by atomic mass is 10.1. The number of nitrogens with one attached hydrogen (secondary N) is 1. The molecule has 7 nitrogen and oxygen atoms in total. The zero-order valence-corrected chi connectivity index (χ0v) is 13.4. The highest BCUT2D eigenvalue weighted by molar-refractivity contribution is 7.87. The number of hydrogen-bond donors (Lipinski definition) is 1. The molecular weight excluding hydrogens is 344 g/mol. The van der Waals surface area contributed by atoms with E-state index in [1.807, 2.05) is 0 Å². The van der Waals surface area contributed by atoms with Crippen LogP contribution in [0.15, 0.2) is 59.6 Å². The number of imide groups is 1. The van der Waals surface area contributed by atoms with E-state index >= 15 is 0 Å². The molecule has 2 heterocycles. The third kappa shape index (κ3) is 2.52. The van der Waals surface area contributed by atoms with Crippen molar-refractivity contribution in [2.75, 3.05) is 0 Å². The van der Waals surface area contributed by atoms with Gasteiger partial charge in [-0.15, -0.1) is 0 Å². The van der Waals surface area contributed by atoms with Gasteiger partial charge in [0.2, 0.25) is 0 Å². The van der Waals surface area contributed by atoms with Crippen LogP contribution in [0.5, 0.6) is 5.75 Å². The second-order valence-corrected chi connectivity index (χ2v) is 6.91. The molecular formula is C17H10N2O5S. The summed E-state index contributed by atoms with van der Waals surface area (Å²) in [6, 6.07) is 12.1. The average molecular weight is 354 g/mol. The van der Waals surface area contributed by atoms with Crippen LogP contribution in [0, 0.1) is 0 Å². The quantitative estimate of drug-likeness (QED) is 0.569. The molecule has 0 spiro atoms. The predicted octanol–water partition coefficient (Wildman–Crippen LogP) is 1.89. The molecule has 0 fully saturated rings. The third-order valence-corrected chi connectivity index (χ3v) is 5.02. The molecule has 124 valence electrons. The van der Waals surface area contributed by atoms with Crippen LogP contribution in [-0.4, -0.2) is 25.2 Å². The first-order chi connectivity index (χ1) is 12.0. The predicted molar refractivity (Wildman–Crippen MR) is 87.8 cm³/mol. The van der Waals surface area contributed by atoms with Gasteiger partial charge < -0.3 is 4.18 Å². The van der Waals surface area contributed by atoms with Crippen molar-refractivity contribution in [3.8, 4) is 5.75 Å². The number of fused-ring (bicyclic) bond motifs is 2. The number of carbonyl (C=O) groups excluding carboxylic acids is 2. The van der Waals surface area contributed by atoms with Crippen LogP contribution in [0.1, 0.15) is 20.7 Å². The van der Waals surface area contributed by atoms with Crippen molar-refractivity contribution in [2.24, 2.45) is 0 Å². The number of benzene rings is 2. The lowest BCUT2D eigenvalue weighted by Crippen LogP contribution is -2.19. The second kappa shape index (κ2) is 5.38. The van der Waals surface area contributed by atoms with Gasteiger partial charge >= 0.3 is 10.1 Å². The van der Waals surface area contributed by atoms with Gasteiger partial charge in [0.05, 0.1) is 11.1 Å². The first-order valence-corrected chi connectivity index (χ1v) is 8.64. The van der Waals surface area contributed by atoms with E-state index in [0.717, 1.165) is 11.5 Å². The Hall–Kier alpha value is -3.26. The van der Waals surface area contributed by atoms with Crippen LogP contribution in [0.25, 0.3) is 10.9 Å². The normalized spacial score (nSPS) is 13.6. The number of rotatable bonds is 3. The Morgan fingerprint density at radius 2 is 1.68 bits per heavy atom.